The molecule has 1 saturated heterocycles. The van der Waals surface area contributed by atoms with Gasteiger partial charge >= 0.3 is 0 Å². The van der Waals surface area contributed by atoms with Crippen molar-refractivity contribution in [2.24, 2.45) is 0 Å². The average molecular weight is 296 g/mol. The third kappa shape index (κ3) is 2.16. The number of likely N-dealkylation sites (tertiary alicyclic amines) is 1. The van der Waals surface area contributed by atoms with E-state index in [1.807, 2.05) is 35.2 Å². The van der Waals surface area contributed by atoms with Gasteiger partial charge in [-0.3, -0.25) is 4.79 Å². The molecule has 1 N–H and O–H groups in total. The number of rotatable bonds is 2. The van der Waals surface area contributed by atoms with E-state index in [0.29, 0.717) is 5.69 Å². The number of thiophene rings is 1. The van der Waals surface area contributed by atoms with Gasteiger partial charge in [-0.25, -0.2) is 0 Å². The highest BCUT2D eigenvalue weighted by molar-refractivity contribution is 7.10. The number of hydrogen-bond acceptors (Lipinski definition) is 2. The Morgan fingerprint density at radius 2 is 2.14 bits per heavy atom. The van der Waals surface area contributed by atoms with Crippen molar-refractivity contribution in [2.45, 2.75) is 18.9 Å². The van der Waals surface area contributed by atoms with Gasteiger partial charge in [-0.05, 0) is 36.4 Å². The lowest BCUT2D eigenvalue weighted by molar-refractivity contribution is 0.0733. The minimum absolute atomic E-state index is 0.113. The average Bonchev–Trinajstić information content (AvgIpc) is 3.23. The largest absolute Gasteiger partial charge is 0.351 e. The molecule has 0 spiro atoms. The highest BCUT2D eigenvalue weighted by Gasteiger charge is 2.31. The van der Waals surface area contributed by atoms with Gasteiger partial charge in [0.2, 0.25) is 0 Å². The smallest absolute Gasteiger partial charge is 0.270 e. The first kappa shape index (κ1) is 12.7. The fourth-order valence-electron chi connectivity index (χ4n) is 3.13. The third-order valence-electron chi connectivity index (χ3n) is 4.15. The van der Waals surface area contributed by atoms with Crippen molar-refractivity contribution in [3.63, 3.8) is 0 Å². The molecule has 1 fully saturated rings. The lowest BCUT2D eigenvalue weighted by Gasteiger charge is -2.23. The first-order chi connectivity index (χ1) is 10.3. The summed E-state index contributed by atoms with van der Waals surface area (Å²) in [6, 6.07) is 14.4. The topological polar surface area (TPSA) is 36.1 Å². The summed E-state index contributed by atoms with van der Waals surface area (Å²) < 4.78 is 0. The number of aromatic amines is 1. The van der Waals surface area contributed by atoms with Crippen LogP contribution in [0.4, 0.5) is 0 Å². The zero-order chi connectivity index (χ0) is 14.2. The SMILES string of the molecule is O=C(c1cc2ccccc2[nH]1)N1CCC[C@H]1c1cccs1. The zero-order valence-electron chi connectivity index (χ0n) is 11.6. The van der Waals surface area contributed by atoms with Gasteiger partial charge < -0.3 is 9.88 Å². The van der Waals surface area contributed by atoms with E-state index in [4.69, 9.17) is 0 Å². The van der Waals surface area contributed by atoms with E-state index in [1.165, 1.54) is 4.88 Å². The molecule has 1 aliphatic rings. The Kier molecular flexibility index (Phi) is 3.04. The standard InChI is InChI=1S/C17H16N2OS/c20-17(14-11-12-5-1-2-6-13(12)18-14)19-9-3-7-15(19)16-8-4-10-21-16/h1-2,4-6,8,10-11,15,18H,3,7,9H2/t15-/m0/s1. The number of hydrogen-bond donors (Lipinski definition) is 1. The Hall–Kier alpha value is -2.07. The molecular formula is C17H16N2OS. The number of carbonyl (C=O) groups is 1. The van der Waals surface area contributed by atoms with Crippen LogP contribution in [-0.2, 0) is 0 Å². The summed E-state index contributed by atoms with van der Waals surface area (Å²) in [6.45, 7) is 0.844. The fourth-order valence-corrected chi connectivity index (χ4v) is 4.00. The molecule has 0 saturated carbocycles. The number of nitrogens with zero attached hydrogens (tertiary/aromatic N) is 1. The molecule has 0 unspecified atom stereocenters. The summed E-state index contributed by atoms with van der Waals surface area (Å²) in [4.78, 5) is 19.4. The number of carbonyl (C=O) groups excluding carboxylic acids is 1. The summed E-state index contributed by atoms with van der Waals surface area (Å²) >= 11 is 1.74. The number of nitrogens with one attached hydrogen (secondary N) is 1. The van der Waals surface area contributed by atoms with Crippen LogP contribution >= 0.6 is 11.3 Å². The molecule has 106 valence electrons. The Morgan fingerprint density at radius 1 is 1.24 bits per heavy atom. The normalized spacial score (nSPS) is 18.5. The van der Waals surface area contributed by atoms with Crippen molar-refractivity contribution >= 4 is 28.1 Å². The first-order valence-electron chi connectivity index (χ1n) is 7.25. The minimum atomic E-state index is 0.113. The van der Waals surface area contributed by atoms with Gasteiger partial charge in [-0.1, -0.05) is 24.3 Å². The van der Waals surface area contributed by atoms with Crippen LogP contribution in [0.15, 0.2) is 47.8 Å². The maximum Gasteiger partial charge on any atom is 0.270 e. The lowest BCUT2D eigenvalue weighted by Crippen LogP contribution is -2.30. The number of amides is 1. The van der Waals surface area contributed by atoms with Crippen LogP contribution in [0.25, 0.3) is 10.9 Å². The van der Waals surface area contributed by atoms with Crippen molar-refractivity contribution in [1.29, 1.82) is 0 Å². The third-order valence-corrected chi connectivity index (χ3v) is 5.12. The lowest BCUT2D eigenvalue weighted by atomic mass is 10.2. The fraction of sp³-hybridized carbons (Fsp3) is 0.235. The molecule has 0 bridgehead atoms. The maximum absolute atomic E-state index is 12.8. The van der Waals surface area contributed by atoms with Gasteiger partial charge in [-0.15, -0.1) is 11.3 Å². The zero-order valence-corrected chi connectivity index (χ0v) is 12.4. The van der Waals surface area contributed by atoms with Gasteiger partial charge in [0.15, 0.2) is 0 Å². The number of benzene rings is 1. The number of aromatic nitrogens is 1. The predicted octanol–water partition coefficient (Wildman–Crippen LogP) is 4.21. The van der Waals surface area contributed by atoms with Crippen LogP contribution in [0, 0.1) is 0 Å². The van der Waals surface area contributed by atoms with Crippen LogP contribution in [-0.4, -0.2) is 22.3 Å². The highest BCUT2D eigenvalue weighted by Crippen LogP contribution is 2.35. The molecular weight excluding hydrogens is 280 g/mol. The van der Waals surface area contributed by atoms with Crippen molar-refractivity contribution in [3.05, 3.63) is 58.4 Å². The number of H-pyrrole nitrogens is 1. The molecule has 3 nitrogen and oxygen atoms in total. The van der Waals surface area contributed by atoms with Crippen LogP contribution in [0.1, 0.15) is 34.2 Å². The van der Waals surface area contributed by atoms with Crippen LogP contribution in [0.2, 0.25) is 0 Å². The van der Waals surface area contributed by atoms with Crippen molar-refractivity contribution in [1.82, 2.24) is 9.88 Å². The molecule has 0 radical (unpaired) electrons. The second-order valence-corrected chi connectivity index (χ2v) is 6.42. The summed E-state index contributed by atoms with van der Waals surface area (Å²) in [5.41, 5.74) is 1.72. The first-order valence-corrected chi connectivity index (χ1v) is 8.13. The van der Waals surface area contributed by atoms with Crippen molar-refractivity contribution in [3.8, 4) is 0 Å². The molecule has 3 aromatic rings. The molecule has 1 aliphatic heterocycles. The molecule has 1 aromatic carbocycles. The van der Waals surface area contributed by atoms with Gasteiger partial charge in [0, 0.05) is 22.3 Å². The molecule has 4 rings (SSSR count). The molecule has 4 heteroatoms. The van der Waals surface area contributed by atoms with E-state index in [-0.39, 0.29) is 11.9 Å². The minimum Gasteiger partial charge on any atom is -0.351 e. The number of fused-ring (bicyclic) bond motifs is 1. The molecule has 0 aliphatic carbocycles. The van der Waals surface area contributed by atoms with E-state index in [0.717, 1.165) is 30.3 Å². The van der Waals surface area contributed by atoms with Crippen molar-refractivity contribution in [2.75, 3.05) is 6.54 Å². The molecule has 1 atom stereocenters. The highest BCUT2D eigenvalue weighted by atomic mass is 32.1. The number of para-hydroxylation sites is 1. The molecule has 1 amide bonds. The van der Waals surface area contributed by atoms with Gasteiger partial charge in [-0.2, -0.15) is 0 Å². The summed E-state index contributed by atoms with van der Waals surface area (Å²) in [5.74, 6) is 0.113. The van der Waals surface area contributed by atoms with Crippen molar-refractivity contribution < 1.29 is 4.79 Å². The molecule has 2 aromatic heterocycles. The summed E-state index contributed by atoms with van der Waals surface area (Å²) in [7, 11) is 0. The summed E-state index contributed by atoms with van der Waals surface area (Å²) in [6.07, 6.45) is 2.14. The van der Waals surface area contributed by atoms with Gasteiger partial charge in [0.25, 0.3) is 5.91 Å². The van der Waals surface area contributed by atoms with E-state index in [2.05, 4.69) is 22.5 Å². The molecule has 21 heavy (non-hydrogen) atoms. The second kappa shape index (κ2) is 5.04. The van der Waals surface area contributed by atoms with E-state index in [9.17, 15) is 4.79 Å². The van der Waals surface area contributed by atoms with Crippen LogP contribution in [0.5, 0.6) is 0 Å². The van der Waals surface area contributed by atoms with Crippen LogP contribution in [0.3, 0.4) is 0 Å². The second-order valence-electron chi connectivity index (χ2n) is 5.44. The quantitative estimate of drug-likeness (QED) is 0.755. The van der Waals surface area contributed by atoms with E-state index in [1.54, 1.807) is 11.3 Å². The van der Waals surface area contributed by atoms with Gasteiger partial charge in [0.1, 0.15) is 5.69 Å². The monoisotopic (exact) mass is 296 g/mol. The van der Waals surface area contributed by atoms with E-state index >= 15 is 0 Å². The maximum atomic E-state index is 12.8. The van der Waals surface area contributed by atoms with E-state index < -0.39 is 0 Å². The van der Waals surface area contributed by atoms with Crippen LogP contribution < -0.4 is 0 Å². The Bertz CT molecular complexity index is 742. The predicted molar refractivity (Wildman–Crippen MR) is 85.6 cm³/mol. The molecule has 3 heterocycles. The van der Waals surface area contributed by atoms with Gasteiger partial charge in [0.05, 0.1) is 6.04 Å². The Morgan fingerprint density at radius 3 is 2.95 bits per heavy atom. The summed E-state index contributed by atoms with van der Waals surface area (Å²) in [5, 5.41) is 3.17. The Labute approximate surface area is 127 Å². The Balaban J connectivity index is 1.67.